The van der Waals surface area contributed by atoms with Gasteiger partial charge in [-0.1, -0.05) is 44.2 Å². The number of carbonyl (C=O) groups is 2. The molecule has 0 aliphatic carbocycles. The minimum atomic E-state index is -0.865. The van der Waals surface area contributed by atoms with Crippen molar-refractivity contribution in [1.82, 2.24) is 0 Å². The summed E-state index contributed by atoms with van der Waals surface area (Å²) in [5.74, 6) is -1.48. The number of aliphatic hydroxyl groups is 1. The molecule has 0 spiro atoms. The van der Waals surface area contributed by atoms with Crippen LogP contribution in [0, 0.1) is 12.7 Å². The van der Waals surface area contributed by atoms with Crippen LogP contribution in [0.25, 0.3) is 5.76 Å². The number of aliphatic hydroxyl groups excluding tert-OH is 1. The van der Waals surface area contributed by atoms with Gasteiger partial charge in [-0.25, -0.2) is 4.39 Å². The van der Waals surface area contributed by atoms with E-state index in [4.69, 9.17) is 4.74 Å². The molecule has 0 radical (unpaired) electrons. The fraction of sp³-hybridized carbons (Fsp3) is 0.214. The lowest BCUT2D eigenvalue weighted by atomic mass is 9.91. The Labute approximate surface area is 198 Å². The number of ether oxygens (including phenoxy) is 1. The number of anilines is 1. The molecule has 1 amide bonds. The first-order valence-electron chi connectivity index (χ1n) is 11.0. The Morgan fingerprint density at radius 2 is 1.68 bits per heavy atom. The van der Waals surface area contributed by atoms with E-state index in [0.29, 0.717) is 28.1 Å². The maximum Gasteiger partial charge on any atom is 0.300 e. The molecular formula is C28H26FNO4. The number of ketones is 1. The van der Waals surface area contributed by atoms with Gasteiger partial charge in [0.15, 0.2) is 0 Å². The van der Waals surface area contributed by atoms with E-state index >= 15 is 0 Å². The summed E-state index contributed by atoms with van der Waals surface area (Å²) < 4.78 is 19.1. The van der Waals surface area contributed by atoms with Crippen LogP contribution in [0.3, 0.4) is 0 Å². The number of aryl methyl sites for hydroxylation is 1. The molecule has 1 fully saturated rings. The van der Waals surface area contributed by atoms with Gasteiger partial charge in [-0.15, -0.1) is 0 Å². The summed E-state index contributed by atoms with van der Waals surface area (Å²) in [6.45, 7) is 5.83. The summed E-state index contributed by atoms with van der Waals surface area (Å²) in [5.41, 5.74) is 3.05. The number of hydrogen-bond acceptors (Lipinski definition) is 4. The van der Waals surface area contributed by atoms with Crippen LogP contribution in [0.4, 0.5) is 10.1 Å². The first-order chi connectivity index (χ1) is 16.2. The number of rotatable bonds is 5. The van der Waals surface area contributed by atoms with Gasteiger partial charge in [-0.05, 0) is 65.9 Å². The number of nitrogens with zero attached hydrogens (tertiary/aromatic N) is 1. The van der Waals surface area contributed by atoms with Crippen LogP contribution in [0.5, 0.6) is 5.75 Å². The summed E-state index contributed by atoms with van der Waals surface area (Å²) >= 11 is 0. The van der Waals surface area contributed by atoms with Crippen molar-refractivity contribution in [1.29, 1.82) is 0 Å². The average molecular weight is 460 g/mol. The Hall–Kier alpha value is -3.93. The van der Waals surface area contributed by atoms with Crippen molar-refractivity contribution in [3.63, 3.8) is 0 Å². The second kappa shape index (κ2) is 9.14. The molecule has 4 rings (SSSR count). The van der Waals surface area contributed by atoms with Gasteiger partial charge >= 0.3 is 0 Å². The number of amides is 1. The van der Waals surface area contributed by atoms with E-state index in [1.807, 2.05) is 39.0 Å². The number of halogens is 1. The normalized spacial score (nSPS) is 17.5. The Morgan fingerprint density at radius 1 is 1.03 bits per heavy atom. The third kappa shape index (κ3) is 3.96. The molecule has 1 atom stereocenters. The lowest BCUT2D eigenvalue weighted by Crippen LogP contribution is -2.29. The van der Waals surface area contributed by atoms with Crippen LogP contribution in [-0.2, 0) is 9.59 Å². The number of carbonyl (C=O) groups excluding carboxylic acids is 2. The predicted molar refractivity (Wildman–Crippen MR) is 129 cm³/mol. The van der Waals surface area contributed by atoms with Gasteiger partial charge in [-0.2, -0.15) is 0 Å². The molecule has 1 unspecified atom stereocenters. The van der Waals surface area contributed by atoms with Crippen molar-refractivity contribution < 1.29 is 23.8 Å². The first-order valence-corrected chi connectivity index (χ1v) is 11.0. The number of hydrogen-bond donors (Lipinski definition) is 1. The second-order valence-corrected chi connectivity index (χ2v) is 8.62. The Balaban J connectivity index is 1.97. The zero-order chi connectivity index (χ0) is 24.6. The highest BCUT2D eigenvalue weighted by atomic mass is 19.1. The molecule has 0 aromatic heterocycles. The molecule has 0 saturated carbocycles. The molecule has 3 aromatic rings. The predicted octanol–water partition coefficient (Wildman–Crippen LogP) is 5.89. The smallest absolute Gasteiger partial charge is 0.300 e. The Bertz CT molecular complexity index is 1280. The molecule has 3 aromatic carbocycles. The zero-order valence-electron chi connectivity index (χ0n) is 19.5. The van der Waals surface area contributed by atoms with Crippen LogP contribution in [0.15, 0.2) is 72.3 Å². The maximum absolute atomic E-state index is 13.6. The van der Waals surface area contributed by atoms with Crippen molar-refractivity contribution >= 4 is 23.1 Å². The highest BCUT2D eigenvalue weighted by Crippen LogP contribution is 2.43. The first kappa shape index (κ1) is 23.2. The summed E-state index contributed by atoms with van der Waals surface area (Å²) in [6.07, 6.45) is 0. The van der Waals surface area contributed by atoms with E-state index in [1.54, 1.807) is 31.4 Å². The van der Waals surface area contributed by atoms with Crippen LogP contribution in [0.1, 0.15) is 48.1 Å². The van der Waals surface area contributed by atoms with E-state index < -0.39 is 23.5 Å². The van der Waals surface area contributed by atoms with Crippen molar-refractivity contribution in [3.05, 3.63) is 100 Å². The summed E-state index contributed by atoms with van der Waals surface area (Å²) in [4.78, 5) is 27.8. The molecule has 34 heavy (non-hydrogen) atoms. The summed E-state index contributed by atoms with van der Waals surface area (Å²) in [7, 11) is 1.59. The molecule has 174 valence electrons. The number of Topliss-reactive ketones (excluding diaryl/α,β-unsaturated/α-hetero) is 1. The van der Waals surface area contributed by atoms with Gasteiger partial charge in [0.1, 0.15) is 17.3 Å². The standard InChI is InChI=1S/C28H26FNO4/c1-16(2)21-15-22(17(3)14-23(21)34-4)26(31)24-25(18-8-6-5-7-9-18)30(28(33)27(24)32)20-12-10-19(29)11-13-20/h5-16,25,31H,1-4H3/b26-24+. The Morgan fingerprint density at radius 3 is 2.26 bits per heavy atom. The molecule has 1 aliphatic rings. The molecule has 1 heterocycles. The molecule has 1 N–H and O–H groups in total. The van der Waals surface area contributed by atoms with E-state index in [1.165, 1.54) is 29.2 Å². The summed E-state index contributed by atoms with van der Waals surface area (Å²) in [5, 5.41) is 11.5. The van der Waals surface area contributed by atoms with Crippen molar-refractivity contribution in [2.45, 2.75) is 32.7 Å². The molecule has 1 saturated heterocycles. The van der Waals surface area contributed by atoms with Crippen LogP contribution < -0.4 is 9.64 Å². The van der Waals surface area contributed by atoms with Gasteiger partial charge in [0.2, 0.25) is 0 Å². The van der Waals surface area contributed by atoms with E-state index in [2.05, 4.69) is 0 Å². The minimum Gasteiger partial charge on any atom is -0.507 e. The highest BCUT2D eigenvalue weighted by Gasteiger charge is 2.47. The lowest BCUT2D eigenvalue weighted by molar-refractivity contribution is -0.132. The van der Waals surface area contributed by atoms with E-state index in [-0.39, 0.29) is 17.3 Å². The number of methoxy groups -OCH3 is 1. The molecule has 5 nitrogen and oxygen atoms in total. The van der Waals surface area contributed by atoms with Gasteiger partial charge in [0.05, 0.1) is 18.7 Å². The molecule has 0 bridgehead atoms. The SMILES string of the molecule is COc1cc(C)c(/C(O)=C2\C(=O)C(=O)N(c3ccc(F)cc3)C2c2ccccc2)cc1C(C)C. The van der Waals surface area contributed by atoms with E-state index in [0.717, 1.165) is 5.56 Å². The Kier molecular flexibility index (Phi) is 6.24. The molecular weight excluding hydrogens is 433 g/mol. The molecule has 6 heteroatoms. The third-order valence-corrected chi connectivity index (χ3v) is 6.12. The summed E-state index contributed by atoms with van der Waals surface area (Å²) in [6, 6.07) is 17.1. The average Bonchev–Trinajstić information content (AvgIpc) is 3.09. The second-order valence-electron chi connectivity index (χ2n) is 8.62. The topological polar surface area (TPSA) is 66.8 Å². The molecule has 1 aliphatic heterocycles. The van der Waals surface area contributed by atoms with Crippen LogP contribution in [-0.4, -0.2) is 23.9 Å². The van der Waals surface area contributed by atoms with Crippen LogP contribution >= 0.6 is 0 Å². The van der Waals surface area contributed by atoms with Gasteiger partial charge in [-0.3, -0.25) is 14.5 Å². The van der Waals surface area contributed by atoms with Gasteiger partial charge in [0.25, 0.3) is 11.7 Å². The fourth-order valence-electron chi connectivity index (χ4n) is 4.38. The highest BCUT2D eigenvalue weighted by molar-refractivity contribution is 6.51. The van der Waals surface area contributed by atoms with E-state index in [9.17, 15) is 19.1 Å². The quantitative estimate of drug-likeness (QED) is 0.293. The largest absolute Gasteiger partial charge is 0.507 e. The van der Waals surface area contributed by atoms with Crippen LogP contribution in [0.2, 0.25) is 0 Å². The fourth-order valence-corrected chi connectivity index (χ4v) is 4.38. The minimum absolute atomic E-state index is 0.0107. The zero-order valence-corrected chi connectivity index (χ0v) is 19.5. The van der Waals surface area contributed by atoms with Gasteiger partial charge in [0, 0.05) is 11.3 Å². The van der Waals surface area contributed by atoms with Crippen molar-refractivity contribution in [3.8, 4) is 5.75 Å². The monoisotopic (exact) mass is 459 g/mol. The van der Waals surface area contributed by atoms with Gasteiger partial charge < -0.3 is 9.84 Å². The number of benzene rings is 3. The third-order valence-electron chi connectivity index (χ3n) is 6.12. The maximum atomic E-state index is 13.6. The van der Waals surface area contributed by atoms with Crippen molar-refractivity contribution in [2.75, 3.05) is 12.0 Å². The lowest BCUT2D eigenvalue weighted by Gasteiger charge is -2.25. The van der Waals surface area contributed by atoms with Crippen molar-refractivity contribution in [2.24, 2.45) is 0 Å².